The van der Waals surface area contributed by atoms with Crippen LogP contribution in [0.2, 0.25) is 0 Å². The van der Waals surface area contributed by atoms with Gasteiger partial charge in [0.1, 0.15) is 5.69 Å². The van der Waals surface area contributed by atoms with Gasteiger partial charge in [-0.05, 0) is 0 Å². The zero-order valence-corrected chi connectivity index (χ0v) is 8.92. The highest BCUT2D eigenvalue weighted by Crippen LogP contribution is 2.17. The van der Waals surface area contributed by atoms with Crippen molar-refractivity contribution < 1.29 is 9.90 Å². The number of imidazole rings is 1. The van der Waals surface area contributed by atoms with E-state index in [-0.39, 0.29) is 11.8 Å². The van der Waals surface area contributed by atoms with Crippen molar-refractivity contribution in [1.29, 1.82) is 0 Å². The summed E-state index contributed by atoms with van der Waals surface area (Å²) in [4.78, 5) is 17.5. The first-order chi connectivity index (χ1) is 7.08. The maximum atomic E-state index is 11.9. The molecular weight excluding hydrogens is 194 g/mol. The minimum absolute atomic E-state index is 0.0981. The molecule has 2 heterocycles. The van der Waals surface area contributed by atoms with Gasteiger partial charge in [0.15, 0.2) is 0 Å². The normalized spacial score (nSPS) is 25.9. The minimum Gasteiger partial charge on any atom is -0.391 e. The number of rotatable bonds is 1. The van der Waals surface area contributed by atoms with Crippen molar-refractivity contribution in [1.82, 2.24) is 14.5 Å². The Morgan fingerprint density at radius 2 is 2.33 bits per heavy atom. The van der Waals surface area contributed by atoms with Crippen LogP contribution in [0.1, 0.15) is 17.4 Å². The van der Waals surface area contributed by atoms with Gasteiger partial charge in [0, 0.05) is 32.3 Å². The number of aromatic nitrogens is 2. The average Bonchev–Trinajstić information content (AvgIpc) is 2.74. The predicted octanol–water partition coefficient (Wildman–Crippen LogP) is -0.127. The molecule has 1 fully saturated rings. The Labute approximate surface area is 88.3 Å². The quantitative estimate of drug-likeness (QED) is 0.701. The van der Waals surface area contributed by atoms with E-state index in [0.717, 1.165) is 0 Å². The molecule has 1 amide bonds. The van der Waals surface area contributed by atoms with Crippen LogP contribution < -0.4 is 0 Å². The van der Waals surface area contributed by atoms with Crippen LogP contribution in [0.25, 0.3) is 0 Å². The van der Waals surface area contributed by atoms with E-state index in [2.05, 4.69) is 4.98 Å². The van der Waals surface area contributed by atoms with Crippen molar-refractivity contribution in [3.05, 3.63) is 18.2 Å². The van der Waals surface area contributed by atoms with Crippen molar-refractivity contribution in [3.8, 4) is 0 Å². The summed E-state index contributed by atoms with van der Waals surface area (Å²) in [7, 11) is 1.82. The van der Waals surface area contributed by atoms with Gasteiger partial charge in [0.2, 0.25) is 0 Å². The van der Waals surface area contributed by atoms with Crippen molar-refractivity contribution >= 4 is 5.91 Å². The maximum Gasteiger partial charge on any atom is 0.274 e. The number of nitrogens with zero attached hydrogens (tertiary/aromatic N) is 3. The van der Waals surface area contributed by atoms with Gasteiger partial charge >= 0.3 is 0 Å². The van der Waals surface area contributed by atoms with E-state index in [0.29, 0.717) is 18.8 Å². The summed E-state index contributed by atoms with van der Waals surface area (Å²) in [6, 6.07) is 0. The Morgan fingerprint density at radius 1 is 1.60 bits per heavy atom. The van der Waals surface area contributed by atoms with E-state index in [1.54, 1.807) is 22.0 Å². The summed E-state index contributed by atoms with van der Waals surface area (Å²) in [5, 5.41) is 9.55. The number of carbonyl (C=O) groups is 1. The minimum atomic E-state index is -0.405. The molecule has 82 valence electrons. The van der Waals surface area contributed by atoms with Crippen molar-refractivity contribution in [2.45, 2.75) is 13.0 Å². The highest BCUT2D eigenvalue weighted by molar-refractivity contribution is 5.92. The molecule has 5 nitrogen and oxygen atoms in total. The molecule has 0 radical (unpaired) electrons. The molecule has 0 aromatic carbocycles. The average molecular weight is 209 g/mol. The van der Waals surface area contributed by atoms with Crippen LogP contribution >= 0.6 is 0 Å². The lowest BCUT2D eigenvalue weighted by molar-refractivity contribution is 0.0759. The van der Waals surface area contributed by atoms with E-state index < -0.39 is 6.10 Å². The van der Waals surface area contributed by atoms with Gasteiger partial charge in [0.25, 0.3) is 5.91 Å². The summed E-state index contributed by atoms with van der Waals surface area (Å²) in [6.45, 7) is 2.96. The number of aliphatic hydroxyl groups is 1. The van der Waals surface area contributed by atoms with Crippen molar-refractivity contribution in [2.75, 3.05) is 13.1 Å². The highest BCUT2D eigenvalue weighted by Gasteiger charge is 2.31. The fraction of sp³-hybridized carbons (Fsp3) is 0.600. The molecule has 0 spiro atoms. The number of likely N-dealkylation sites (tertiary alicyclic amines) is 1. The molecule has 5 heteroatoms. The van der Waals surface area contributed by atoms with Crippen LogP contribution in [0, 0.1) is 5.92 Å². The molecule has 1 aromatic heterocycles. The highest BCUT2D eigenvalue weighted by atomic mass is 16.3. The predicted molar refractivity (Wildman–Crippen MR) is 54.3 cm³/mol. The number of hydrogen-bond acceptors (Lipinski definition) is 3. The Kier molecular flexibility index (Phi) is 2.48. The van der Waals surface area contributed by atoms with Crippen molar-refractivity contribution in [3.63, 3.8) is 0 Å². The number of aliphatic hydroxyl groups excluding tert-OH is 1. The summed E-state index contributed by atoms with van der Waals surface area (Å²) in [5.41, 5.74) is 0.443. The van der Waals surface area contributed by atoms with E-state index in [4.69, 9.17) is 0 Å². The number of hydrogen-bond donors (Lipinski definition) is 1. The third-order valence-corrected chi connectivity index (χ3v) is 2.78. The molecule has 1 aliphatic rings. The summed E-state index contributed by atoms with van der Waals surface area (Å²) < 4.78 is 1.74. The van der Waals surface area contributed by atoms with Gasteiger partial charge in [-0.15, -0.1) is 0 Å². The molecular formula is C10H15N3O2. The molecule has 1 N–H and O–H groups in total. The SMILES string of the molecule is CC1CN(C(=O)c2cn(C)cn2)CC1O. The molecule has 2 rings (SSSR count). The molecule has 0 bridgehead atoms. The third-order valence-electron chi connectivity index (χ3n) is 2.78. The first kappa shape index (κ1) is 10.2. The lowest BCUT2D eigenvalue weighted by Gasteiger charge is -2.13. The van der Waals surface area contributed by atoms with E-state index >= 15 is 0 Å². The van der Waals surface area contributed by atoms with Gasteiger partial charge in [-0.3, -0.25) is 4.79 Å². The zero-order chi connectivity index (χ0) is 11.0. The van der Waals surface area contributed by atoms with Crippen molar-refractivity contribution in [2.24, 2.45) is 13.0 Å². The molecule has 0 aliphatic carbocycles. The van der Waals surface area contributed by atoms with Crippen LogP contribution in [0.4, 0.5) is 0 Å². The van der Waals surface area contributed by atoms with Gasteiger partial charge in [-0.2, -0.15) is 0 Å². The van der Waals surface area contributed by atoms with Gasteiger partial charge in [0.05, 0.1) is 12.4 Å². The fourth-order valence-corrected chi connectivity index (χ4v) is 1.80. The first-order valence-electron chi connectivity index (χ1n) is 5.03. The lowest BCUT2D eigenvalue weighted by Crippen LogP contribution is -2.29. The second kappa shape index (κ2) is 3.66. The number of carbonyl (C=O) groups excluding carboxylic acids is 1. The lowest BCUT2D eigenvalue weighted by atomic mass is 10.1. The topological polar surface area (TPSA) is 58.4 Å². The van der Waals surface area contributed by atoms with Crippen LogP contribution in [0.5, 0.6) is 0 Å². The Hall–Kier alpha value is -1.36. The number of amides is 1. The van der Waals surface area contributed by atoms with Crippen LogP contribution in [-0.4, -0.2) is 44.7 Å². The van der Waals surface area contributed by atoms with Crippen LogP contribution in [-0.2, 0) is 7.05 Å². The molecule has 0 saturated carbocycles. The molecule has 1 saturated heterocycles. The maximum absolute atomic E-state index is 11.9. The van der Waals surface area contributed by atoms with Gasteiger partial charge < -0.3 is 14.6 Å². The van der Waals surface area contributed by atoms with Crippen LogP contribution in [0.15, 0.2) is 12.5 Å². The van der Waals surface area contributed by atoms with Gasteiger partial charge in [-0.1, -0.05) is 6.92 Å². The third kappa shape index (κ3) is 1.87. The summed E-state index contributed by atoms with van der Waals surface area (Å²) in [6.07, 6.45) is 2.89. The fourth-order valence-electron chi connectivity index (χ4n) is 1.80. The monoisotopic (exact) mass is 209 g/mol. The first-order valence-corrected chi connectivity index (χ1v) is 5.03. The second-order valence-electron chi connectivity index (χ2n) is 4.18. The second-order valence-corrected chi connectivity index (χ2v) is 4.18. The van der Waals surface area contributed by atoms with Crippen LogP contribution in [0.3, 0.4) is 0 Å². The Bertz CT molecular complexity index is 364. The smallest absolute Gasteiger partial charge is 0.274 e. The number of aryl methyl sites for hydroxylation is 1. The van der Waals surface area contributed by atoms with E-state index in [9.17, 15) is 9.90 Å². The van der Waals surface area contributed by atoms with Gasteiger partial charge in [-0.25, -0.2) is 4.98 Å². The molecule has 2 atom stereocenters. The zero-order valence-electron chi connectivity index (χ0n) is 8.92. The summed E-state index contributed by atoms with van der Waals surface area (Å²) >= 11 is 0. The standard InChI is InChI=1S/C10H15N3O2/c1-7-3-13(5-9(7)14)10(15)8-4-12(2)6-11-8/h4,6-7,9,14H,3,5H2,1-2H3. The molecule has 2 unspecified atom stereocenters. The largest absolute Gasteiger partial charge is 0.391 e. The Balaban J connectivity index is 2.10. The van der Waals surface area contributed by atoms with E-state index in [1.165, 1.54) is 0 Å². The van der Waals surface area contributed by atoms with E-state index in [1.807, 2.05) is 14.0 Å². The number of β-amino-alcohol motifs (C(OH)–C–C–N with tert-alkyl or cyclic N) is 1. The Morgan fingerprint density at radius 3 is 2.80 bits per heavy atom. The molecule has 1 aromatic rings. The molecule has 15 heavy (non-hydrogen) atoms. The summed E-state index contributed by atoms with van der Waals surface area (Å²) in [5.74, 6) is 0.0525. The molecule has 1 aliphatic heterocycles.